The fourth-order valence-corrected chi connectivity index (χ4v) is 3.84. The molecule has 1 N–H and O–H groups in total. The standard InChI is InChI=1S/C24H22BrN3O/c1-17(18-7-3-2-4-8-18)28-22-10-6-5-9-21(22)27-23(28)15-16-26-24(29)19-11-13-20(25)14-12-19/h2-14,17H,15-16H2,1H3,(H,26,29). The Balaban J connectivity index is 1.55. The van der Waals surface area contributed by atoms with Gasteiger partial charge in [0.25, 0.3) is 5.91 Å². The van der Waals surface area contributed by atoms with Crippen LogP contribution in [0.25, 0.3) is 11.0 Å². The lowest BCUT2D eigenvalue weighted by molar-refractivity contribution is 0.0954. The number of benzene rings is 3. The summed E-state index contributed by atoms with van der Waals surface area (Å²) in [6, 6.07) is 26.1. The lowest BCUT2D eigenvalue weighted by atomic mass is 10.1. The van der Waals surface area contributed by atoms with Crippen LogP contribution in [0.3, 0.4) is 0 Å². The van der Waals surface area contributed by atoms with Crippen LogP contribution >= 0.6 is 15.9 Å². The Bertz CT molecular complexity index is 1120. The van der Waals surface area contributed by atoms with E-state index in [9.17, 15) is 4.79 Å². The van der Waals surface area contributed by atoms with Gasteiger partial charge in [-0.3, -0.25) is 4.79 Å². The summed E-state index contributed by atoms with van der Waals surface area (Å²) < 4.78 is 3.23. The van der Waals surface area contributed by atoms with E-state index in [2.05, 4.69) is 63.1 Å². The number of halogens is 1. The maximum absolute atomic E-state index is 12.4. The van der Waals surface area contributed by atoms with Gasteiger partial charge in [-0.05, 0) is 48.9 Å². The number of nitrogens with zero attached hydrogens (tertiary/aromatic N) is 2. The van der Waals surface area contributed by atoms with E-state index in [1.807, 2.05) is 48.5 Å². The van der Waals surface area contributed by atoms with Gasteiger partial charge in [0.05, 0.1) is 17.1 Å². The number of hydrogen-bond donors (Lipinski definition) is 1. The van der Waals surface area contributed by atoms with Gasteiger partial charge in [-0.15, -0.1) is 0 Å². The first-order valence-corrected chi connectivity index (χ1v) is 10.5. The van der Waals surface area contributed by atoms with Gasteiger partial charge in [0.15, 0.2) is 0 Å². The van der Waals surface area contributed by atoms with Crippen LogP contribution in [-0.2, 0) is 6.42 Å². The number of para-hydroxylation sites is 2. The van der Waals surface area contributed by atoms with E-state index in [4.69, 9.17) is 4.98 Å². The summed E-state index contributed by atoms with van der Waals surface area (Å²) in [7, 11) is 0. The minimum atomic E-state index is -0.0729. The zero-order chi connectivity index (χ0) is 20.2. The SMILES string of the molecule is CC(c1ccccc1)n1c(CCNC(=O)c2ccc(Br)cc2)nc2ccccc21. The summed E-state index contributed by atoms with van der Waals surface area (Å²) in [6.07, 6.45) is 0.661. The molecular weight excluding hydrogens is 426 g/mol. The first-order chi connectivity index (χ1) is 14.1. The number of rotatable bonds is 6. The first-order valence-electron chi connectivity index (χ1n) is 9.68. The van der Waals surface area contributed by atoms with Crippen molar-refractivity contribution in [2.45, 2.75) is 19.4 Å². The van der Waals surface area contributed by atoms with Crippen molar-refractivity contribution in [3.05, 3.63) is 100 Å². The van der Waals surface area contributed by atoms with E-state index in [0.29, 0.717) is 18.5 Å². The van der Waals surface area contributed by atoms with Crippen LogP contribution in [0.1, 0.15) is 34.7 Å². The number of fused-ring (bicyclic) bond motifs is 1. The van der Waals surface area contributed by atoms with Gasteiger partial charge in [-0.1, -0.05) is 58.4 Å². The van der Waals surface area contributed by atoms with Gasteiger partial charge in [-0.25, -0.2) is 4.98 Å². The molecule has 0 saturated heterocycles. The molecule has 0 radical (unpaired) electrons. The molecule has 146 valence electrons. The highest BCUT2D eigenvalue weighted by atomic mass is 79.9. The van der Waals surface area contributed by atoms with E-state index < -0.39 is 0 Å². The number of amides is 1. The molecule has 0 fully saturated rings. The Hall–Kier alpha value is -2.92. The summed E-state index contributed by atoms with van der Waals surface area (Å²) in [5.74, 6) is 0.898. The molecule has 29 heavy (non-hydrogen) atoms. The lowest BCUT2D eigenvalue weighted by Gasteiger charge is -2.18. The van der Waals surface area contributed by atoms with Crippen LogP contribution in [-0.4, -0.2) is 22.0 Å². The molecule has 4 rings (SSSR count). The van der Waals surface area contributed by atoms with Crippen molar-refractivity contribution in [1.29, 1.82) is 0 Å². The Morgan fingerprint density at radius 1 is 1.00 bits per heavy atom. The quantitative estimate of drug-likeness (QED) is 0.431. The Labute approximate surface area is 178 Å². The van der Waals surface area contributed by atoms with Crippen LogP contribution in [0, 0.1) is 0 Å². The highest BCUT2D eigenvalue weighted by molar-refractivity contribution is 9.10. The molecule has 1 unspecified atom stereocenters. The molecule has 1 aromatic heterocycles. The minimum Gasteiger partial charge on any atom is -0.352 e. The molecule has 1 heterocycles. The molecule has 0 bridgehead atoms. The second-order valence-electron chi connectivity index (χ2n) is 6.99. The van der Waals surface area contributed by atoms with Crippen molar-refractivity contribution in [2.75, 3.05) is 6.54 Å². The van der Waals surface area contributed by atoms with Crippen LogP contribution in [0.5, 0.6) is 0 Å². The Kier molecular flexibility index (Phi) is 5.76. The van der Waals surface area contributed by atoms with Gasteiger partial charge in [0.2, 0.25) is 0 Å². The van der Waals surface area contributed by atoms with E-state index in [1.54, 1.807) is 0 Å². The summed E-state index contributed by atoms with van der Waals surface area (Å²) in [6.45, 7) is 2.72. The maximum Gasteiger partial charge on any atom is 0.251 e. The van der Waals surface area contributed by atoms with Crippen molar-refractivity contribution >= 4 is 32.9 Å². The molecule has 0 aliphatic heterocycles. The van der Waals surface area contributed by atoms with Gasteiger partial charge in [-0.2, -0.15) is 0 Å². The first kappa shape index (κ1) is 19.4. The number of hydrogen-bond acceptors (Lipinski definition) is 2. The number of carbonyl (C=O) groups excluding carboxylic acids is 1. The smallest absolute Gasteiger partial charge is 0.251 e. The zero-order valence-corrected chi connectivity index (χ0v) is 17.8. The molecule has 4 nitrogen and oxygen atoms in total. The molecule has 0 spiro atoms. The molecule has 4 aromatic rings. The van der Waals surface area contributed by atoms with Gasteiger partial charge in [0.1, 0.15) is 5.82 Å². The highest BCUT2D eigenvalue weighted by Crippen LogP contribution is 2.26. The van der Waals surface area contributed by atoms with Gasteiger partial charge in [0, 0.05) is 23.0 Å². The van der Waals surface area contributed by atoms with Crippen molar-refractivity contribution in [1.82, 2.24) is 14.9 Å². The number of aromatic nitrogens is 2. The van der Waals surface area contributed by atoms with Crippen LogP contribution < -0.4 is 5.32 Å². The van der Waals surface area contributed by atoms with E-state index >= 15 is 0 Å². The number of nitrogens with one attached hydrogen (secondary N) is 1. The number of imidazole rings is 1. The third-order valence-electron chi connectivity index (χ3n) is 5.08. The zero-order valence-electron chi connectivity index (χ0n) is 16.2. The monoisotopic (exact) mass is 447 g/mol. The van der Waals surface area contributed by atoms with Crippen molar-refractivity contribution in [3.8, 4) is 0 Å². The number of carbonyl (C=O) groups is 1. The van der Waals surface area contributed by atoms with E-state index in [-0.39, 0.29) is 11.9 Å². The molecule has 3 aromatic carbocycles. The third kappa shape index (κ3) is 4.25. The largest absolute Gasteiger partial charge is 0.352 e. The molecule has 0 aliphatic rings. The van der Waals surface area contributed by atoms with Crippen molar-refractivity contribution in [2.24, 2.45) is 0 Å². The summed E-state index contributed by atoms with van der Waals surface area (Å²) >= 11 is 3.39. The second-order valence-corrected chi connectivity index (χ2v) is 7.90. The Morgan fingerprint density at radius 2 is 1.69 bits per heavy atom. The van der Waals surface area contributed by atoms with Crippen molar-refractivity contribution in [3.63, 3.8) is 0 Å². The minimum absolute atomic E-state index is 0.0729. The topological polar surface area (TPSA) is 46.9 Å². The molecule has 0 aliphatic carbocycles. The molecule has 1 atom stereocenters. The molecule has 1 amide bonds. The summed E-state index contributed by atoms with van der Waals surface area (Å²) in [4.78, 5) is 17.3. The fraction of sp³-hybridized carbons (Fsp3) is 0.167. The maximum atomic E-state index is 12.4. The summed E-state index contributed by atoms with van der Waals surface area (Å²) in [5.41, 5.74) is 3.97. The second kappa shape index (κ2) is 8.62. The van der Waals surface area contributed by atoms with Crippen LogP contribution in [0.4, 0.5) is 0 Å². The van der Waals surface area contributed by atoms with Crippen LogP contribution in [0.15, 0.2) is 83.3 Å². The summed E-state index contributed by atoms with van der Waals surface area (Å²) in [5, 5.41) is 3.01. The lowest BCUT2D eigenvalue weighted by Crippen LogP contribution is -2.26. The third-order valence-corrected chi connectivity index (χ3v) is 5.61. The van der Waals surface area contributed by atoms with Crippen LogP contribution in [0.2, 0.25) is 0 Å². The average Bonchev–Trinajstić information content (AvgIpc) is 3.12. The molecule has 0 saturated carbocycles. The fourth-order valence-electron chi connectivity index (χ4n) is 3.57. The Morgan fingerprint density at radius 3 is 2.45 bits per heavy atom. The van der Waals surface area contributed by atoms with Gasteiger partial charge < -0.3 is 9.88 Å². The van der Waals surface area contributed by atoms with Crippen molar-refractivity contribution < 1.29 is 4.79 Å². The predicted molar refractivity (Wildman–Crippen MR) is 120 cm³/mol. The predicted octanol–water partition coefficient (Wildman–Crippen LogP) is 5.38. The van der Waals surface area contributed by atoms with Gasteiger partial charge >= 0.3 is 0 Å². The molecule has 5 heteroatoms. The van der Waals surface area contributed by atoms with E-state index in [0.717, 1.165) is 21.3 Å². The molecular formula is C24H22BrN3O. The van der Waals surface area contributed by atoms with E-state index in [1.165, 1.54) is 5.56 Å². The highest BCUT2D eigenvalue weighted by Gasteiger charge is 2.17. The average molecular weight is 448 g/mol. The normalized spacial score (nSPS) is 12.1.